The second kappa shape index (κ2) is 6.55. The molecule has 1 aromatic carbocycles. The van der Waals surface area contributed by atoms with Gasteiger partial charge in [0.2, 0.25) is 0 Å². The van der Waals surface area contributed by atoms with Crippen molar-refractivity contribution in [1.82, 2.24) is 20.3 Å². The first-order chi connectivity index (χ1) is 9.72. The number of amides is 1. The first kappa shape index (κ1) is 13.9. The standard InChI is InChI=1S/C13H17N5O2/c1-20-12-10(4-2-5-11(12)14)13(19)15-6-3-8-18-9-7-16-17-18/h2,4-5,7,9H,3,6,8,14H2,1H3,(H,15,19). The molecule has 3 N–H and O–H groups in total. The molecule has 1 aromatic heterocycles. The van der Waals surface area contributed by atoms with Crippen LogP contribution in [0.2, 0.25) is 0 Å². The highest BCUT2D eigenvalue weighted by atomic mass is 16.5. The van der Waals surface area contributed by atoms with Gasteiger partial charge in [0.15, 0.2) is 5.75 Å². The molecular formula is C13H17N5O2. The molecule has 7 heteroatoms. The summed E-state index contributed by atoms with van der Waals surface area (Å²) in [6.45, 7) is 1.24. The fraction of sp³-hybridized carbons (Fsp3) is 0.308. The van der Waals surface area contributed by atoms with Gasteiger partial charge in [0.1, 0.15) is 0 Å². The van der Waals surface area contributed by atoms with Crippen LogP contribution in [0.5, 0.6) is 5.75 Å². The first-order valence-corrected chi connectivity index (χ1v) is 6.27. The molecule has 0 radical (unpaired) electrons. The number of nitrogens with zero attached hydrogens (tertiary/aromatic N) is 3. The lowest BCUT2D eigenvalue weighted by Gasteiger charge is -2.11. The van der Waals surface area contributed by atoms with E-state index in [0.29, 0.717) is 30.1 Å². The molecule has 20 heavy (non-hydrogen) atoms. The van der Waals surface area contributed by atoms with E-state index in [2.05, 4.69) is 15.6 Å². The Morgan fingerprint density at radius 1 is 1.50 bits per heavy atom. The second-order valence-corrected chi connectivity index (χ2v) is 4.20. The Labute approximate surface area is 116 Å². The van der Waals surface area contributed by atoms with Gasteiger partial charge < -0.3 is 15.8 Å². The van der Waals surface area contributed by atoms with Gasteiger partial charge in [0.05, 0.1) is 24.6 Å². The van der Waals surface area contributed by atoms with Crippen LogP contribution in [0.4, 0.5) is 5.69 Å². The lowest BCUT2D eigenvalue weighted by Crippen LogP contribution is -2.26. The average Bonchev–Trinajstić information content (AvgIpc) is 2.96. The highest BCUT2D eigenvalue weighted by Gasteiger charge is 2.13. The van der Waals surface area contributed by atoms with Crippen LogP contribution in [-0.2, 0) is 6.54 Å². The monoisotopic (exact) mass is 275 g/mol. The number of ether oxygens (including phenoxy) is 1. The molecule has 2 aromatic rings. The highest BCUT2D eigenvalue weighted by molar-refractivity contribution is 5.98. The molecule has 0 saturated carbocycles. The number of hydrogen-bond donors (Lipinski definition) is 2. The van der Waals surface area contributed by atoms with Crippen LogP contribution in [0.3, 0.4) is 0 Å². The number of carbonyl (C=O) groups is 1. The summed E-state index contributed by atoms with van der Waals surface area (Å²) in [5, 5.41) is 10.4. The summed E-state index contributed by atoms with van der Waals surface area (Å²) in [7, 11) is 1.49. The third-order valence-electron chi connectivity index (χ3n) is 2.82. The van der Waals surface area contributed by atoms with E-state index in [-0.39, 0.29) is 5.91 Å². The number of aryl methyl sites for hydroxylation is 1. The van der Waals surface area contributed by atoms with Crippen molar-refractivity contribution in [3.05, 3.63) is 36.2 Å². The van der Waals surface area contributed by atoms with Crippen molar-refractivity contribution >= 4 is 11.6 Å². The normalized spacial score (nSPS) is 10.2. The van der Waals surface area contributed by atoms with Gasteiger partial charge in [0.25, 0.3) is 5.91 Å². The predicted molar refractivity (Wildman–Crippen MR) is 74.4 cm³/mol. The summed E-state index contributed by atoms with van der Waals surface area (Å²) in [5.74, 6) is 0.203. The van der Waals surface area contributed by atoms with Gasteiger partial charge in [-0.05, 0) is 18.6 Å². The van der Waals surface area contributed by atoms with Crippen LogP contribution >= 0.6 is 0 Å². The number of benzene rings is 1. The van der Waals surface area contributed by atoms with Crippen LogP contribution in [0, 0.1) is 0 Å². The Morgan fingerprint density at radius 2 is 2.35 bits per heavy atom. The maximum atomic E-state index is 12.1. The third-order valence-corrected chi connectivity index (χ3v) is 2.82. The molecule has 0 aliphatic carbocycles. The fourth-order valence-corrected chi connectivity index (χ4v) is 1.85. The van der Waals surface area contributed by atoms with E-state index in [1.54, 1.807) is 35.3 Å². The predicted octanol–water partition coefficient (Wildman–Crippen LogP) is 0.689. The van der Waals surface area contributed by atoms with Gasteiger partial charge >= 0.3 is 0 Å². The Bertz CT molecular complexity index is 568. The van der Waals surface area contributed by atoms with E-state index in [0.717, 1.165) is 6.42 Å². The molecule has 0 fully saturated rings. The molecule has 7 nitrogen and oxygen atoms in total. The summed E-state index contributed by atoms with van der Waals surface area (Å²) < 4.78 is 6.87. The van der Waals surface area contributed by atoms with E-state index in [4.69, 9.17) is 10.5 Å². The summed E-state index contributed by atoms with van der Waals surface area (Å²) in [5.41, 5.74) is 6.65. The minimum absolute atomic E-state index is 0.201. The maximum Gasteiger partial charge on any atom is 0.255 e. The van der Waals surface area contributed by atoms with E-state index in [9.17, 15) is 4.79 Å². The Kier molecular flexibility index (Phi) is 4.54. The average molecular weight is 275 g/mol. The van der Waals surface area contributed by atoms with Crippen LogP contribution in [0.1, 0.15) is 16.8 Å². The molecule has 0 spiro atoms. The molecule has 2 rings (SSSR count). The zero-order valence-electron chi connectivity index (χ0n) is 11.2. The minimum Gasteiger partial charge on any atom is -0.494 e. The molecule has 0 unspecified atom stereocenters. The second-order valence-electron chi connectivity index (χ2n) is 4.20. The van der Waals surface area contributed by atoms with Crippen LogP contribution in [-0.4, -0.2) is 34.6 Å². The van der Waals surface area contributed by atoms with Gasteiger partial charge in [0, 0.05) is 19.3 Å². The van der Waals surface area contributed by atoms with Crippen LogP contribution in [0.15, 0.2) is 30.6 Å². The van der Waals surface area contributed by atoms with E-state index >= 15 is 0 Å². The lowest BCUT2D eigenvalue weighted by molar-refractivity contribution is 0.0949. The van der Waals surface area contributed by atoms with Gasteiger partial charge in [-0.1, -0.05) is 11.3 Å². The zero-order chi connectivity index (χ0) is 14.4. The topological polar surface area (TPSA) is 95.1 Å². The summed E-state index contributed by atoms with van der Waals surface area (Å²) in [6, 6.07) is 5.10. The quantitative estimate of drug-likeness (QED) is 0.597. The molecule has 0 saturated heterocycles. The van der Waals surface area contributed by atoms with E-state index in [1.165, 1.54) is 7.11 Å². The smallest absolute Gasteiger partial charge is 0.255 e. The number of hydrogen-bond acceptors (Lipinski definition) is 5. The number of para-hydroxylation sites is 1. The molecule has 0 aliphatic rings. The molecule has 0 bridgehead atoms. The SMILES string of the molecule is COc1c(N)cccc1C(=O)NCCCn1ccnn1. The number of nitrogens with one attached hydrogen (secondary N) is 1. The van der Waals surface area contributed by atoms with Gasteiger partial charge in [-0.25, -0.2) is 0 Å². The van der Waals surface area contributed by atoms with Gasteiger partial charge in [-0.15, -0.1) is 5.10 Å². The Balaban J connectivity index is 1.87. The lowest BCUT2D eigenvalue weighted by atomic mass is 10.1. The van der Waals surface area contributed by atoms with Crippen molar-refractivity contribution in [3.8, 4) is 5.75 Å². The van der Waals surface area contributed by atoms with Crippen molar-refractivity contribution in [1.29, 1.82) is 0 Å². The number of methoxy groups -OCH3 is 1. The van der Waals surface area contributed by atoms with Gasteiger partial charge in [-0.3, -0.25) is 9.48 Å². The van der Waals surface area contributed by atoms with Crippen molar-refractivity contribution < 1.29 is 9.53 Å². The number of carbonyl (C=O) groups excluding carboxylic acids is 1. The summed E-state index contributed by atoms with van der Waals surface area (Å²) in [4.78, 5) is 12.1. The molecule has 0 aliphatic heterocycles. The van der Waals surface area contributed by atoms with Gasteiger partial charge in [-0.2, -0.15) is 0 Å². The molecule has 106 valence electrons. The van der Waals surface area contributed by atoms with Crippen molar-refractivity contribution in [2.75, 3.05) is 19.4 Å². The number of nitrogen functional groups attached to an aromatic ring is 1. The minimum atomic E-state index is -0.201. The fourth-order valence-electron chi connectivity index (χ4n) is 1.85. The first-order valence-electron chi connectivity index (χ1n) is 6.27. The van der Waals surface area contributed by atoms with Crippen molar-refractivity contribution in [2.24, 2.45) is 0 Å². The molecule has 1 heterocycles. The summed E-state index contributed by atoms with van der Waals surface area (Å²) >= 11 is 0. The molecular weight excluding hydrogens is 258 g/mol. The van der Waals surface area contributed by atoms with E-state index in [1.807, 2.05) is 0 Å². The van der Waals surface area contributed by atoms with Crippen LogP contribution < -0.4 is 15.8 Å². The van der Waals surface area contributed by atoms with Crippen molar-refractivity contribution in [2.45, 2.75) is 13.0 Å². The Hall–Kier alpha value is -2.57. The largest absolute Gasteiger partial charge is 0.494 e. The Morgan fingerprint density at radius 3 is 3.05 bits per heavy atom. The zero-order valence-corrected chi connectivity index (χ0v) is 11.2. The third kappa shape index (κ3) is 3.25. The molecule has 1 amide bonds. The van der Waals surface area contributed by atoms with Crippen LogP contribution in [0.25, 0.3) is 0 Å². The number of nitrogens with two attached hydrogens (primary N) is 1. The molecule has 0 atom stereocenters. The van der Waals surface area contributed by atoms with E-state index < -0.39 is 0 Å². The number of aromatic nitrogens is 3. The number of rotatable bonds is 6. The summed E-state index contributed by atoms with van der Waals surface area (Å²) in [6.07, 6.45) is 4.17. The highest BCUT2D eigenvalue weighted by Crippen LogP contribution is 2.25. The maximum absolute atomic E-state index is 12.1. The number of anilines is 1. The van der Waals surface area contributed by atoms with Crippen molar-refractivity contribution in [3.63, 3.8) is 0 Å².